The van der Waals surface area contributed by atoms with Gasteiger partial charge in [0, 0.05) is 12.1 Å². The molecular formula is C18H22FNO3S. The average molecular weight is 351 g/mol. The molecule has 130 valence electrons. The summed E-state index contributed by atoms with van der Waals surface area (Å²) in [7, 11) is -3.75. The molecule has 1 N–H and O–H groups in total. The summed E-state index contributed by atoms with van der Waals surface area (Å²) in [5.41, 5.74) is 1.06. The van der Waals surface area contributed by atoms with E-state index < -0.39 is 15.8 Å². The third-order valence-corrected chi connectivity index (χ3v) is 5.17. The Morgan fingerprint density at radius 2 is 1.83 bits per heavy atom. The predicted octanol–water partition coefficient (Wildman–Crippen LogP) is 3.52. The van der Waals surface area contributed by atoms with E-state index in [1.54, 1.807) is 6.92 Å². The van der Waals surface area contributed by atoms with Crippen LogP contribution in [-0.2, 0) is 16.4 Å². The van der Waals surface area contributed by atoms with Crippen LogP contribution in [0.4, 0.5) is 4.39 Å². The molecule has 4 nitrogen and oxygen atoms in total. The van der Waals surface area contributed by atoms with Crippen molar-refractivity contribution in [2.24, 2.45) is 0 Å². The third kappa shape index (κ3) is 4.79. The van der Waals surface area contributed by atoms with E-state index in [1.165, 1.54) is 12.1 Å². The number of rotatable bonds is 8. The van der Waals surface area contributed by atoms with Gasteiger partial charge in [-0.3, -0.25) is 0 Å². The molecular weight excluding hydrogens is 329 g/mol. The minimum Gasteiger partial charge on any atom is -0.491 e. The number of benzene rings is 2. The summed E-state index contributed by atoms with van der Waals surface area (Å²) < 4.78 is 46.6. The summed E-state index contributed by atoms with van der Waals surface area (Å²) in [6.45, 7) is 3.90. The molecule has 0 radical (unpaired) electrons. The van der Waals surface area contributed by atoms with Crippen molar-refractivity contribution in [3.05, 3.63) is 59.9 Å². The highest BCUT2D eigenvalue weighted by Gasteiger charge is 2.21. The van der Waals surface area contributed by atoms with E-state index in [9.17, 15) is 12.8 Å². The van der Waals surface area contributed by atoms with Crippen LogP contribution in [0.2, 0.25) is 0 Å². The Hall–Kier alpha value is -1.92. The highest BCUT2D eigenvalue weighted by Crippen LogP contribution is 2.22. The number of hydrogen-bond donors (Lipinski definition) is 1. The molecule has 1 unspecified atom stereocenters. The van der Waals surface area contributed by atoms with Gasteiger partial charge in [-0.2, -0.15) is 0 Å². The third-order valence-electron chi connectivity index (χ3n) is 3.65. The fourth-order valence-corrected chi connectivity index (χ4v) is 3.71. The highest BCUT2D eigenvalue weighted by molar-refractivity contribution is 7.89. The molecule has 24 heavy (non-hydrogen) atoms. The molecule has 0 saturated carbocycles. The Morgan fingerprint density at radius 3 is 2.46 bits per heavy atom. The highest BCUT2D eigenvalue weighted by atomic mass is 32.2. The van der Waals surface area contributed by atoms with E-state index >= 15 is 0 Å². The minimum atomic E-state index is -3.75. The zero-order chi connectivity index (χ0) is 17.6. The van der Waals surface area contributed by atoms with Gasteiger partial charge in [0.2, 0.25) is 10.0 Å². The predicted molar refractivity (Wildman–Crippen MR) is 92.1 cm³/mol. The van der Waals surface area contributed by atoms with E-state index in [-0.39, 0.29) is 23.3 Å². The van der Waals surface area contributed by atoms with E-state index in [4.69, 9.17) is 4.74 Å². The van der Waals surface area contributed by atoms with Gasteiger partial charge in [0.1, 0.15) is 0 Å². The lowest BCUT2D eigenvalue weighted by Gasteiger charge is -2.17. The Bertz CT molecular complexity index is 763. The van der Waals surface area contributed by atoms with Gasteiger partial charge >= 0.3 is 0 Å². The molecule has 1 atom stereocenters. The number of hydrogen-bond acceptors (Lipinski definition) is 3. The average Bonchev–Trinajstić information content (AvgIpc) is 2.57. The van der Waals surface area contributed by atoms with Crippen LogP contribution in [0.25, 0.3) is 0 Å². The first-order valence-corrected chi connectivity index (χ1v) is 9.43. The molecule has 0 aromatic heterocycles. The normalized spacial score (nSPS) is 12.8. The molecule has 6 heteroatoms. The monoisotopic (exact) mass is 351 g/mol. The van der Waals surface area contributed by atoms with Gasteiger partial charge in [0.05, 0.1) is 11.5 Å². The maximum Gasteiger partial charge on any atom is 0.240 e. The van der Waals surface area contributed by atoms with Crippen molar-refractivity contribution in [1.29, 1.82) is 0 Å². The lowest BCUT2D eigenvalue weighted by Crippen LogP contribution is -2.36. The summed E-state index contributed by atoms with van der Waals surface area (Å²) in [4.78, 5) is -0.00105. The van der Waals surface area contributed by atoms with Gasteiger partial charge in [-0.05, 0) is 37.5 Å². The summed E-state index contributed by atoms with van der Waals surface area (Å²) in [6, 6.07) is 13.0. The van der Waals surface area contributed by atoms with Crippen molar-refractivity contribution in [3.8, 4) is 5.75 Å². The van der Waals surface area contributed by atoms with Crippen molar-refractivity contribution < 1.29 is 17.5 Å². The van der Waals surface area contributed by atoms with Crippen LogP contribution in [0.3, 0.4) is 0 Å². The van der Waals surface area contributed by atoms with Crippen LogP contribution in [0.1, 0.15) is 25.8 Å². The lowest BCUT2D eigenvalue weighted by molar-refractivity contribution is 0.320. The van der Waals surface area contributed by atoms with Crippen molar-refractivity contribution in [2.75, 3.05) is 6.61 Å². The van der Waals surface area contributed by atoms with Gasteiger partial charge in [-0.1, -0.05) is 37.3 Å². The molecule has 0 heterocycles. The van der Waals surface area contributed by atoms with Crippen molar-refractivity contribution in [2.45, 2.75) is 37.6 Å². The Balaban J connectivity index is 2.18. The second-order valence-corrected chi connectivity index (χ2v) is 7.16. The molecule has 0 fully saturated rings. The van der Waals surface area contributed by atoms with Crippen LogP contribution < -0.4 is 9.46 Å². The quantitative estimate of drug-likeness (QED) is 0.792. The zero-order valence-electron chi connectivity index (χ0n) is 13.8. The molecule has 0 spiro atoms. The van der Waals surface area contributed by atoms with E-state index in [0.717, 1.165) is 11.6 Å². The molecule has 0 aliphatic rings. The van der Waals surface area contributed by atoms with Crippen LogP contribution in [0.5, 0.6) is 5.75 Å². The molecule has 0 saturated heterocycles. The van der Waals surface area contributed by atoms with E-state index in [0.29, 0.717) is 12.8 Å². The summed E-state index contributed by atoms with van der Waals surface area (Å²) >= 11 is 0. The molecule has 0 amide bonds. The summed E-state index contributed by atoms with van der Waals surface area (Å²) in [5, 5.41) is 0. The van der Waals surface area contributed by atoms with Crippen molar-refractivity contribution in [1.82, 2.24) is 4.72 Å². The van der Waals surface area contributed by atoms with E-state index in [1.807, 2.05) is 37.3 Å². The second-order valence-electron chi connectivity index (χ2n) is 5.44. The van der Waals surface area contributed by atoms with Gasteiger partial charge < -0.3 is 4.74 Å². The van der Waals surface area contributed by atoms with Gasteiger partial charge in [-0.15, -0.1) is 0 Å². The van der Waals surface area contributed by atoms with E-state index in [2.05, 4.69) is 4.72 Å². The molecule has 2 aromatic rings. The Morgan fingerprint density at radius 1 is 1.12 bits per heavy atom. The smallest absolute Gasteiger partial charge is 0.240 e. The Kier molecular flexibility index (Phi) is 6.34. The van der Waals surface area contributed by atoms with Crippen molar-refractivity contribution >= 4 is 10.0 Å². The SMILES string of the molecule is CCOc1cc(S(=O)(=O)NC(CC)Cc2ccccc2)ccc1F. The first kappa shape index (κ1) is 18.4. The number of nitrogens with one attached hydrogen (secondary N) is 1. The standard InChI is InChI=1S/C18H22FNO3S/c1-3-15(12-14-8-6-5-7-9-14)20-24(21,22)16-10-11-17(19)18(13-16)23-4-2/h5-11,13,15,20H,3-4,12H2,1-2H3. The fraction of sp³-hybridized carbons (Fsp3) is 0.333. The lowest BCUT2D eigenvalue weighted by atomic mass is 10.1. The molecule has 0 aliphatic carbocycles. The molecule has 2 rings (SSSR count). The minimum absolute atomic E-state index is 0.00105. The van der Waals surface area contributed by atoms with Gasteiger partial charge in [0.15, 0.2) is 11.6 Å². The van der Waals surface area contributed by atoms with Gasteiger partial charge in [0.25, 0.3) is 0 Å². The van der Waals surface area contributed by atoms with Crippen molar-refractivity contribution in [3.63, 3.8) is 0 Å². The fourth-order valence-electron chi connectivity index (χ4n) is 2.37. The van der Waals surface area contributed by atoms with Crippen LogP contribution in [0.15, 0.2) is 53.4 Å². The molecule has 2 aromatic carbocycles. The van der Waals surface area contributed by atoms with Crippen LogP contribution >= 0.6 is 0 Å². The largest absolute Gasteiger partial charge is 0.491 e. The second kappa shape index (κ2) is 8.26. The number of ether oxygens (including phenoxy) is 1. The number of halogens is 1. The first-order valence-electron chi connectivity index (χ1n) is 7.95. The Labute approximate surface area is 142 Å². The molecule has 0 aliphatic heterocycles. The van der Waals surface area contributed by atoms with Gasteiger partial charge in [-0.25, -0.2) is 17.5 Å². The zero-order valence-corrected chi connectivity index (χ0v) is 14.6. The summed E-state index contributed by atoms with van der Waals surface area (Å²) in [5.74, 6) is -0.636. The molecule has 0 bridgehead atoms. The topological polar surface area (TPSA) is 55.4 Å². The van der Waals surface area contributed by atoms with Crippen LogP contribution in [0, 0.1) is 5.82 Å². The summed E-state index contributed by atoms with van der Waals surface area (Å²) in [6.07, 6.45) is 1.24. The number of sulfonamides is 1. The van der Waals surface area contributed by atoms with Crippen LogP contribution in [-0.4, -0.2) is 21.1 Å². The maximum absolute atomic E-state index is 13.6. The maximum atomic E-state index is 13.6. The first-order chi connectivity index (χ1) is 11.5.